The molecule has 1 saturated heterocycles. The van der Waals surface area contributed by atoms with E-state index in [1.165, 1.54) is 17.7 Å². The molecule has 29 heavy (non-hydrogen) atoms. The van der Waals surface area contributed by atoms with Crippen molar-refractivity contribution in [1.29, 1.82) is 0 Å². The molecule has 3 heterocycles. The summed E-state index contributed by atoms with van der Waals surface area (Å²) in [5.41, 5.74) is 0.710. The van der Waals surface area contributed by atoms with Gasteiger partial charge in [-0.25, -0.2) is 4.98 Å². The van der Waals surface area contributed by atoms with E-state index in [2.05, 4.69) is 32.7 Å². The fourth-order valence-electron chi connectivity index (χ4n) is 3.63. The quantitative estimate of drug-likeness (QED) is 0.585. The molecule has 1 aromatic carbocycles. The first-order chi connectivity index (χ1) is 14.3. The summed E-state index contributed by atoms with van der Waals surface area (Å²) in [7, 11) is 0. The number of hydrogen-bond donors (Lipinski definition) is 1. The second kappa shape index (κ2) is 10.1. The zero-order valence-electron chi connectivity index (χ0n) is 16.3. The first kappa shape index (κ1) is 20.1. The molecular weight excluding hydrogens is 398 g/mol. The fraction of sp³-hybridized carbons (Fsp3) is 0.304. The zero-order chi connectivity index (χ0) is 19.9. The SMILES string of the molecule is O=C(NCC1CCCN(Cc2cccs2)C1)c1ccc(Sc2ccccn2)cc1. The van der Waals surface area contributed by atoms with Crippen LogP contribution in [0.15, 0.2) is 76.1 Å². The number of likely N-dealkylation sites (tertiary alicyclic amines) is 1. The van der Waals surface area contributed by atoms with E-state index in [-0.39, 0.29) is 5.91 Å². The van der Waals surface area contributed by atoms with E-state index < -0.39 is 0 Å². The third kappa shape index (κ3) is 5.92. The number of piperidine rings is 1. The average molecular weight is 424 g/mol. The second-order valence-electron chi connectivity index (χ2n) is 7.33. The van der Waals surface area contributed by atoms with Crippen molar-refractivity contribution in [3.8, 4) is 0 Å². The first-order valence-electron chi connectivity index (χ1n) is 9.98. The molecule has 1 amide bonds. The van der Waals surface area contributed by atoms with Gasteiger partial charge in [-0.1, -0.05) is 23.9 Å². The summed E-state index contributed by atoms with van der Waals surface area (Å²) in [6, 6.07) is 17.9. The third-order valence-electron chi connectivity index (χ3n) is 5.09. The van der Waals surface area contributed by atoms with Gasteiger partial charge in [-0.05, 0) is 73.1 Å². The van der Waals surface area contributed by atoms with Crippen molar-refractivity contribution in [3.05, 3.63) is 76.6 Å². The highest BCUT2D eigenvalue weighted by Crippen LogP contribution is 2.25. The van der Waals surface area contributed by atoms with Gasteiger partial charge < -0.3 is 5.32 Å². The van der Waals surface area contributed by atoms with Crippen LogP contribution in [-0.4, -0.2) is 35.4 Å². The molecule has 1 unspecified atom stereocenters. The number of thiophene rings is 1. The van der Waals surface area contributed by atoms with Gasteiger partial charge in [0.2, 0.25) is 0 Å². The zero-order valence-corrected chi connectivity index (χ0v) is 17.9. The maximum atomic E-state index is 12.6. The van der Waals surface area contributed by atoms with Crippen LogP contribution in [0.1, 0.15) is 28.1 Å². The number of pyridine rings is 1. The number of nitrogens with zero attached hydrogens (tertiary/aromatic N) is 2. The number of hydrogen-bond acceptors (Lipinski definition) is 5. The Kier molecular flexibility index (Phi) is 6.98. The number of amides is 1. The van der Waals surface area contributed by atoms with Crippen LogP contribution in [0.2, 0.25) is 0 Å². The molecule has 6 heteroatoms. The van der Waals surface area contributed by atoms with Gasteiger partial charge in [-0.3, -0.25) is 9.69 Å². The van der Waals surface area contributed by atoms with Crippen molar-refractivity contribution >= 4 is 29.0 Å². The molecule has 1 atom stereocenters. The first-order valence-corrected chi connectivity index (χ1v) is 11.7. The molecule has 1 aliphatic heterocycles. The van der Waals surface area contributed by atoms with E-state index in [0.717, 1.165) is 36.1 Å². The van der Waals surface area contributed by atoms with E-state index in [4.69, 9.17) is 0 Å². The third-order valence-corrected chi connectivity index (χ3v) is 6.91. The predicted molar refractivity (Wildman–Crippen MR) is 119 cm³/mol. The molecule has 1 aliphatic rings. The molecule has 4 nitrogen and oxygen atoms in total. The Hall–Kier alpha value is -2.15. The van der Waals surface area contributed by atoms with Gasteiger partial charge in [0.05, 0.1) is 0 Å². The minimum absolute atomic E-state index is 0.00904. The Bertz CT molecular complexity index is 898. The Balaban J connectivity index is 1.25. The van der Waals surface area contributed by atoms with E-state index in [9.17, 15) is 4.79 Å². The van der Waals surface area contributed by atoms with Gasteiger partial charge in [0.25, 0.3) is 5.91 Å². The predicted octanol–water partition coefficient (Wildman–Crippen LogP) is 4.94. The van der Waals surface area contributed by atoms with E-state index >= 15 is 0 Å². The van der Waals surface area contributed by atoms with Crippen molar-refractivity contribution < 1.29 is 4.79 Å². The Morgan fingerprint density at radius 2 is 2.07 bits per heavy atom. The number of carbonyl (C=O) groups is 1. The minimum Gasteiger partial charge on any atom is -0.352 e. The summed E-state index contributed by atoms with van der Waals surface area (Å²) in [6.45, 7) is 3.97. The molecule has 4 rings (SSSR count). The normalized spacial score (nSPS) is 17.2. The van der Waals surface area contributed by atoms with Crippen LogP contribution in [0.4, 0.5) is 0 Å². The highest BCUT2D eigenvalue weighted by Gasteiger charge is 2.21. The van der Waals surface area contributed by atoms with Crippen LogP contribution in [0.3, 0.4) is 0 Å². The lowest BCUT2D eigenvalue weighted by Crippen LogP contribution is -2.40. The topological polar surface area (TPSA) is 45.2 Å². The van der Waals surface area contributed by atoms with Crippen molar-refractivity contribution in [2.75, 3.05) is 19.6 Å². The second-order valence-corrected chi connectivity index (χ2v) is 9.45. The van der Waals surface area contributed by atoms with Gasteiger partial charge in [-0.15, -0.1) is 11.3 Å². The van der Waals surface area contributed by atoms with Crippen molar-refractivity contribution in [3.63, 3.8) is 0 Å². The lowest BCUT2D eigenvalue weighted by atomic mass is 9.98. The van der Waals surface area contributed by atoms with Crippen LogP contribution >= 0.6 is 23.1 Å². The van der Waals surface area contributed by atoms with Crippen LogP contribution in [-0.2, 0) is 6.54 Å². The van der Waals surface area contributed by atoms with Gasteiger partial charge in [0.15, 0.2) is 0 Å². The summed E-state index contributed by atoms with van der Waals surface area (Å²) in [5, 5.41) is 6.22. The maximum absolute atomic E-state index is 12.6. The number of aromatic nitrogens is 1. The molecule has 1 fully saturated rings. The summed E-state index contributed by atoms with van der Waals surface area (Å²) >= 11 is 3.42. The van der Waals surface area contributed by atoms with Crippen LogP contribution in [0.25, 0.3) is 0 Å². The number of benzene rings is 1. The number of nitrogens with one attached hydrogen (secondary N) is 1. The molecule has 150 valence electrons. The molecule has 2 aromatic heterocycles. The number of carbonyl (C=O) groups excluding carboxylic acids is 1. The van der Waals surface area contributed by atoms with E-state index in [1.807, 2.05) is 53.8 Å². The van der Waals surface area contributed by atoms with Crippen LogP contribution < -0.4 is 5.32 Å². The van der Waals surface area contributed by atoms with Crippen molar-refractivity contribution in [1.82, 2.24) is 15.2 Å². The highest BCUT2D eigenvalue weighted by molar-refractivity contribution is 7.99. The Labute approximate surface area is 180 Å². The van der Waals surface area contributed by atoms with Crippen LogP contribution in [0, 0.1) is 5.92 Å². The maximum Gasteiger partial charge on any atom is 0.251 e. The molecule has 0 bridgehead atoms. The highest BCUT2D eigenvalue weighted by atomic mass is 32.2. The number of rotatable bonds is 7. The van der Waals surface area contributed by atoms with Gasteiger partial charge in [0, 0.05) is 41.2 Å². The average Bonchev–Trinajstić information content (AvgIpc) is 3.27. The Morgan fingerprint density at radius 1 is 1.17 bits per heavy atom. The summed E-state index contributed by atoms with van der Waals surface area (Å²) in [6.07, 6.45) is 4.17. The van der Waals surface area contributed by atoms with Gasteiger partial charge >= 0.3 is 0 Å². The molecule has 0 spiro atoms. The summed E-state index contributed by atoms with van der Waals surface area (Å²) in [5.74, 6) is 0.529. The minimum atomic E-state index is 0.00904. The molecule has 1 N–H and O–H groups in total. The van der Waals surface area contributed by atoms with Gasteiger partial charge in [-0.2, -0.15) is 0 Å². The van der Waals surface area contributed by atoms with Crippen molar-refractivity contribution in [2.45, 2.75) is 29.3 Å². The monoisotopic (exact) mass is 423 g/mol. The largest absolute Gasteiger partial charge is 0.352 e. The lowest BCUT2D eigenvalue weighted by Gasteiger charge is -2.32. The smallest absolute Gasteiger partial charge is 0.251 e. The van der Waals surface area contributed by atoms with Crippen LogP contribution in [0.5, 0.6) is 0 Å². The Morgan fingerprint density at radius 3 is 2.83 bits per heavy atom. The molecule has 0 radical (unpaired) electrons. The molecular formula is C23H25N3OS2. The molecule has 3 aromatic rings. The molecule has 0 aliphatic carbocycles. The van der Waals surface area contributed by atoms with E-state index in [0.29, 0.717) is 11.5 Å². The van der Waals surface area contributed by atoms with Crippen molar-refractivity contribution in [2.24, 2.45) is 5.92 Å². The fourth-order valence-corrected chi connectivity index (χ4v) is 5.15. The van der Waals surface area contributed by atoms with E-state index in [1.54, 1.807) is 18.0 Å². The molecule has 0 saturated carbocycles. The summed E-state index contributed by atoms with van der Waals surface area (Å²) < 4.78 is 0. The standard InChI is InChI=1S/C23H25N3OS2/c27-23(19-8-10-20(11-9-19)29-22-7-1-2-12-24-22)25-15-18-5-3-13-26(16-18)17-21-6-4-14-28-21/h1-2,4,6-12,14,18H,3,5,13,15-17H2,(H,25,27). The van der Waals surface area contributed by atoms with Gasteiger partial charge in [0.1, 0.15) is 5.03 Å². The summed E-state index contributed by atoms with van der Waals surface area (Å²) in [4.78, 5) is 21.9. The lowest BCUT2D eigenvalue weighted by molar-refractivity contribution is 0.0931.